The van der Waals surface area contributed by atoms with Gasteiger partial charge in [0.15, 0.2) is 5.82 Å². The van der Waals surface area contributed by atoms with Gasteiger partial charge in [-0.2, -0.15) is 0 Å². The van der Waals surface area contributed by atoms with Crippen LogP contribution >= 0.6 is 0 Å². The Kier molecular flexibility index (Phi) is 5.87. The molecule has 5 nitrogen and oxygen atoms in total. The molecule has 0 spiro atoms. The number of fused-ring (bicyclic) bond motifs is 1. The first kappa shape index (κ1) is 23.6. The molecule has 0 unspecified atom stereocenters. The molecule has 4 aromatic carbocycles. The van der Waals surface area contributed by atoms with Crippen LogP contribution in [0.1, 0.15) is 0 Å². The van der Waals surface area contributed by atoms with E-state index < -0.39 is 0 Å². The van der Waals surface area contributed by atoms with Crippen LogP contribution in [-0.4, -0.2) is 24.6 Å². The summed E-state index contributed by atoms with van der Waals surface area (Å²) in [5, 5.41) is 10.7. The number of pyridine rings is 2. The second-order valence-electron chi connectivity index (χ2n) is 9.53. The van der Waals surface area contributed by atoms with E-state index in [0.717, 1.165) is 50.2 Å². The average molecular weight is 517 g/mol. The van der Waals surface area contributed by atoms with Crippen molar-refractivity contribution < 1.29 is 5.11 Å². The Bertz CT molecular complexity index is 1890. The van der Waals surface area contributed by atoms with Crippen molar-refractivity contribution in [1.82, 2.24) is 19.5 Å². The van der Waals surface area contributed by atoms with E-state index in [2.05, 4.69) is 75.2 Å². The van der Waals surface area contributed by atoms with Gasteiger partial charge in [-0.05, 0) is 77.4 Å². The van der Waals surface area contributed by atoms with Gasteiger partial charge in [-0.15, -0.1) is 0 Å². The molecular weight excluding hydrogens is 492 g/mol. The Labute approximate surface area is 231 Å². The van der Waals surface area contributed by atoms with Crippen molar-refractivity contribution in [3.8, 4) is 56.5 Å². The molecule has 1 N–H and O–H groups in total. The van der Waals surface area contributed by atoms with Crippen molar-refractivity contribution in [2.75, 3.05) is 0 Å². The van der Waals surface area contributed by atoms with Crippen molar-refractivity contribution in [3.63, 3.8) is 0 Å². The second-order valence-corrected chi connectivity index (χ2v) is 9.53. The molecule has 0 fully saturated rings. The Morgan fingerprint density at radius 1 is 0.525 bits per heavy atom. The highest BCUT2D eigenvalue weighted by Gasteiger charge is 2.20. The van der Waals surface area contributed by atoms with Gasteiger partial charge in [0.1, 0.15) is 0 Å². The molecule has 0 aliphatic rings. The van der Waals surface area contributed by atoms with E-state index in [4.69, 9.17) is 4.98 Å². The zero-order valence-electron chi connectivity index (χ0n) is 21.5. The Hall–Kier alpha value is -5.55. The van der Waals surface area contributed by atoms with Gasteiger partial charge in [-0.3, -0.25) is 9.55 Å². The molecule has 7 aromatic rings. The largest absolute Gasteiger partial charge is 0.493 e. The van der Waals surface area contributed by atoms with Crippen molar-refractivity contribution in [2.45, 2.75) is 0 Å². The van der Waals surface area contributed by atoms with Gasteiger partial charge < -0.3 is 5.11 Å². The molecule has 0 atom stereocenters. The molecule has 7 rings (SSSR count). The third kappa shape index (κ3) is 4.20. The molecule has 3 aromatic heterocycles. The van der Waals surface area contributed by atoms with Gasteiger partial charge in [0.05, 0.1) is 22.3 Å². The summed E-state index contributed by atoms with van der Waals surface area (Å²) in [4.78, 5) is 13.9. The highest BCUT2D eigenvalue weighted by Crippen LogP contribution is 2.38. The first-order valence-electron chi connectivity index (χ1n) is 13.1. The first-order chi connectivity index (χ1) is 19.8. The van der Waals surface area contributed by atoms with Gasteiger partial charge in [0.2, 0.25) is 5.88 Å². The Balaban J connectivity index is 1.52. The molecule has 0 amide bonds. The van der Waals surface area contributed by atoms with E-state index in [1.165, 1.54) is 0 Å². The third-order valence-electron chi connectivity index (χ3n) is 7.04. The van der Waals surface area contributed by atoms with Gasteiger partial charge in [0.25, 0.3) is 0 Å². The maximum Gasteiger partial charge on any atom is 0.222 e. The lowest BCUT2D eigenvalue weighted by Crippen LogP contribution is -1.97. The normalized spacial score (nSPS) is 11.1. The minimum absolute atomic E-state index is 0.0555. The standard InChI is InChI=1S/C35H24N4O/c40-35-30(16-10-20-37-35)34-38-33-29(15-9-18-32(33)39(34)28-13-5-2-6-14-28)26-21-25(24-11-3-1-4-12-24)22-27(23-26)31-17-7-8-19-36-31/h1-23H,(H,37,40). The number of para-hydroxylation sites is 2. The summed E-state index contributed by atoms with van der Waals surface area (Å²) in [6.45, 7) is 0. The summed E-state index contributed by atoms with van der Waals surface area (Å²) in [6, 6.07) is 42.9. The summed E-state index contributed by atoms with van der Waals surface area (Å²) < 4.78 is 2.08. The number of hydrogen-bond acceptors (Lipinski definition) is 4. The maximum atomic E-state index is 10.7. The van der Waals surface area contributed by atoms with E-state index in [1.807, 2.05) is 72.9 Å². The smallest absolute Gasteiger partial charge is 0.222 e. The zero-order chi connectivity index (χ0) is 26.9. The average Bonchev–Trinajstić information content (AvgIpc) is 3.42. The van der Waals surface area contributed by atoms with E-state index in [-0.39, 0.29) is 5.88 Å². The fourth-order valence-electron chi connectivity index (χ4n) is 5.18. The minimum Gasteiger partial charge on any atom is -0.493 e. The highest BCUT2D eigenvalue weighted by molar-refractivity contribution is 5.97. The fourth-order valence-corrected chi connectivity index (χ4v) is 5.18. The van der Waals surface area contributed by atoms with Crippen LogP contribution < -0.4 is 0 Å². The highest BCUT2D eigenvalue weighted by atomic mass is 16.3. The number of aromatic nitrogens is 4. The first-order valence-corrected chi connectivity index (χ1v) is 13.1. The lowest BCUT2D eigenvalue weighted by Gasteiger charge is -2.12. The van der Waals surface area contributed by atoms with E-state index in [1.54, 1.807) is 6.20 Å². The Morgan fingerprint density at radius 3 is 2.00 bits per heavy atom. The molecule has 190 valence electrons. The molecule has 0 aliphatic heterocycles. The van der Waals surface area contributed by atoms with Gasteiger partial charge in [0, 0.05) is 29.2 Å². The SMILES string of the molecule is Oc1ncccc1-c1nc2c(-c3cc(-c4ccccc4)cc(-c4ccccn4)c3)cccc2n1-c1ccccc1. The minimum atomic E-state index is -0.0555. The number of hydrogen-bond donors (Lipinski definition) is 1. The summed E-state index contributed by atoms with van der Waals surface area (Å²) in [6.07, 6.45) is 3.40. The third-order valence-corrected chi connectivity index (χ3v) is 7.04. The lowest BCUT2D eigenvalue weighted by molar-refractivity contribution is 0.455. The number of aromatic hydroxyl groups is 1. The summed E-state index contributed by atoms with van der Waals surface area (Å²) in [5.74, 6) is 0.573. The molecule has 0 aliphatic carbocycles. The predicted octanol–water partition coefficient (Wildman–Crippen LogP) is 8.19. The topological polar surface area (TPSA) is 63.8 Å². The van der Waals surface area contributed by atoms with Crippen LogP contribution in [-0.2, 0) is 0 Å². The second kappa shape index (κ2) is 9.97. The predicted molar refractivity (Wildman–Crippen MR) is 160 cm³/mol. The number of benzene rings is 4. The zero-order valence-corrected chi connectivity index (χ0v) is 21.5. The number of nitrogens with zero attached hydrogens (tertiary/aromatic N) is 4. The van der Waals surface area contributed by atoms with Crippen LogP contribution in [0.4, 0.5) is 0 Å². The van der Waals surface area contributed by atoms with Crippen LogP contribution in [0.3, 0.4) is 0 Å². The lowest BCUT2D eigenvalue weighted by atomic mass is 9.94. The van der Waals surface area contributed by atoms with Crippen molar-refractivity contribution in [3.05, 3.63) is 140 Å². The van der Waals surface area contributed by atoms with Gasteiger partial charge in [-0.25, -0.2) is 9.97 Å². The van der Waals surface area contributed by atoms with E-state index in [9.17, 15) is 5.11 Å². The van der Waals surface area contributed by atoms with Gasteiger partial charge >= 0.3 is 0 Å². The maximum absolute atomic E-state index is 10.7. The van der Waals surface area contributed by atoms with Crippen LogP contribution in [0.2, 0.25) is 0 Å². The molecule has 0 saturated carbocycles. The number of imidazole rings is 1. The van der Waals surface area contributed by atoms with Crippen LogP contribution in [0.25, 0.3) is 61.6 Å². The Morgan fingerprint density at radius 2 is 1.23 bits per heavy atom. The van der Waals surface area contributed by atoms with Crippen LogP contribution in [0.5, 0.6) is 5.88 Å². The molecule has 0 bridgehead atoms. The van der Waals surface area contributed by atoms with E-state index in [0.29, 0.717) is 11.4 Å². The van der Waals surface area contributed by atoms with Crippen molar-refractivity contribution in [2.24, 2.45) is 0 Å². The molecule has 0 radical (unpaired) electrons. The van der Waals surface area contributed by atoms with Gasteiger partial charge in [-0.1, -0.05) is 66.7 Å². The number of rotatable bonds is 5. The summed E-state index contributed by atoms with van der Waals surface area (Å²) in [7, 11) is 0. The molecular formula is C35H24N4O. The fraction of sp³-hybridized carbons (Fsp3) is 0. The molecule has 5 heteroatoms. The van der Waals surface area contributed by atoms with Crippen LogP contribution in [0.15, 0.2) is 140 Å². The quantitative estimate of drug-likeness (QED) is 0.250. The summed E-state index contributed by atoms with van der Waals surface area (Å²) >= 11 is 0. The molecule has 0 saturated heterocycles. The monoisotopic (exact) mass is 516 g/mol. The molecule has 40 heavy (non-hydrogen) atoms. The van der Waals surface area contributed by atoms with Crippen LogP contribution in [0, 0.1) is 0 Å². The molecule has 3 heterocycles. The summed E-state index contributed by atoms with van der Waals surface area (Å²) in [5.41, 5.74) is 9.49. The van der Waals surface area contributed by atoms with Crippen molar-refractivity contribution >= 4 is 11.0 Å². The van der Waals surface area contributed by atoms with Crippen molar-refractivity contribution in [1.29, 1.82) is 0 Å². The van der Waals surface area contributed by atoms with E-state index >= 15 is 0 Å².